The summed E-state index contributed by atoms with van der Waals surface area (Å²) in [7, 11) is 0. The Labute approximate surface area is 103 Å². The maximum Gasteiger partial charge on any atom is 0.0662 e. The van der Waals surface area contributed by atoms with Gasteiger partial charge >= 0.3 is 0 Å². The van der Waals surface area contributed by atoms with E-state index in [4.69, 9.17) is 16.3 Å². The smallest absolute Gasteiger partial charge is 0.0662 e. The van der Waals surface area contributed by atoms with Crippen LogP contribution < -0.4 is 0 Å². The van der Waals surface area contributed by atoms with Gasteiger partial charge in [-0.25, -0.2) is 0 Å². The zero-order valence-electron chi connectivity index (χ0n) is 10.6. The molecule has 4 heteroatoms. The van der Waals surface area contributed by atoms with Gasteiger partial charge in [0.2, 0.25) is 0 Å². The summed E-state index contributed by atoms with van der Waals surface area (Å²) in [5.74, 6) is 0. The zero-order valence-corrected chi connectivity index (χ0v) is 11.3. The average molecular weight is 245 g/mol. The first-order valence-electron chi connectivity index (χ1n) is 5.83. The van der Waals surface area contributed by atoms with Gasteiger partial charge in [-0.05, 0) is 27.2 Å². The molecule has 1 aromatic heterocycles. The molecule has 0 saturated carbocycles. The third kappa shape index (κ3) is 3.22. The van der Waals surface area contributed by atoms with Gasteiger partial charge in [0.25, 0.3) is 0 Å². The molecule has 0 aliphatic heterocycles. The van der Waals surface area contributed by atoms with E-state index in [9.17, 15) is 0 Å². The summed E-state index contributed by atoms with van der Waals surface area (Å²) in [5.41, 5.74) is 3.33. The Morgan fingerprint density at radius 2 is 2.06 bits per heavy atom. The molecule has 0 aliphatic carbocycles. The van der Waals surface area contributed by atoms with Gasteiger partial charge in [-0.2, -0.15) is 5.10 Å². The number of hydrogen-bond donors (Lipinski definition) is 0. The van der Waals surface area contributed by atoms with Crippen molar-refractivity contribution in [2.45, 2.75) is 46.0 Å². The van der Waals surface area contributed by atoms with Crippen molar-refractivity contribution in [3.05, 3.63) is 17.0 Å². The third-order valence-corrected chi connectivity index (χ3v) is 2.85. The van der Waals surface area contributed by atoms with Crippen molar-refractivity contribution >= 4 is 11.6 Å². The summed E-state index contributed by atoms with van der Waals surface area (Å²) in [6.07, 6.45) is 1.06. The monoisotopic (exact) mass is 244 g/mol. The van der Waals surface area contributed by atoms with E-state index in [1.54, 1.807) is 0 Å². The molecule has 1 heterocycles. The molecular weight excluding hydrogens is 224 g/mol. The molecule has 0 N–H and O–H groups in total. The predicted octanol–water partition coefficient (Wildman–Crippen LogP) is 3.23. The number of halogens is 1. The van der Waals surface area contributed by atoms with Gasteiger partial charge in [-0.3, -0.25) is 4.68 Å². The van der Waals surface area contributed by atoms with Crippen LogP contribution in [0.2, 0.25) is 0 Å². The number of aryl methyl sites for hydroxylation is 1. The van der Waals surface area contributed by atoms with Gasteiger partial charge in [0.15, 0.2) is 0 Å². The van der Waals surface area contributed by atoms with Crippen LogP contribution in [0, 0.1) is 13.8 Å². The van der Waals surface area contributed by atoms with Crippen LogP contribution in [0.25, 0.3) is 0 Å². The summed E-state index contributed by atoms with van der Waals surface area (Å²) in [4.78, 5) is 0. The van der Waals surface area contributed by atoms with Gasteiger partial charge in [-0.15, -0.1) is 11.6 Å². The normalized spacial score (nSPS) is 13.1. The summed E-state index contributed by atoms with van der Waals surface area (Å²) in [5, 5.41) is 4.50. The van der Waals surface area contributed by atoms with E-state index in [1.165, 1.54) is 0 Å². The van der Waals surface area contributed by atoms with Crippen LogP contribution in [0.15, 0.2) is 0 Å². The lowest BCUT2D eigenvalue weighted by Crippen LogP contribution is -2.09. The summed E-state index contributed by atoms with van der Waals surface area (Å²) >= 11 is 6.13. The Morgan fingerprint density at radius 1 is 1.38 bits per heavy atom. The minimum Gasteiger partial charge on any atom is -0.380 e. The number of rotatable bonds is 6. The van der Waals surface area contributed by atoms with E-state index < -0.39 is 0 Å². The molecule has 1 atom stereocenters. The number of nitrogens with zero attached hydrogens (tertiary/aromatic N) is 2. The Morgan fingerprint density at radius 3 is 2.56 bits per heavy atom. The molecular formula is C12H21ClN2O. The highest BCUT2D eigenvalue weighted by Crippen LogP contribution is 2.25. The predicted molar refractivity (Wildman–Crippen MR) is 67.1 cm³/mol. The molecule has 0 aromatic carbocycles. The molecule has 16 heavy (non-hydrogen) atoms. The van der Waals surface area contributed by atoms with Crippen molar-refractivity contribution in [2.24, 2.45) is 0 Å². The minimum absolute atomic E-state index is 0.0188. The lowest BCUT2D eigenvalue weighted by molar-refractivity contribution is 0.124. The highest BCUT2D eigenvalue weighted by Gasteiger charge is 2.15. The van der Waals surface area contributed by atoms with Crippen molar-refractivity contribution in [3.8, 4) is 0 Å². The first-order chi connectivity index (χ1) is 7.57. The first-order valence-corrected chi connectivity index (χ1v) is 6.27. The zero-order chi connectivity index (χ0) is 12.1. The molecule has 1 aromatic rings. The molecule has 0 spiro atoms. The van der Waals surface area contributed by atoms with Crippen LogP contribution in [-0.2, 0) is 11.3 Å². The van der Waals surface area contributed by atoms with Gasteiger partial charge in [0.05, 0.1) is 24.2 Å². The van der Waals surface area contributed by atoms with Crippen LogP contribution in [0.3, 0.4) is 0 Å². The largest absolute Gasteiger partial charge is 0.380 e. The molecule has 0 amide bonds. The van der Waals surface area contributed by atoms with E-state index in [-0.39, 0.29) is 5.38 Å². The van der Waals surface area contributed by atoms with Crippen molar-refractivity contribution in [2.75, 3.05) is 13.2 Å². The fourth-order valence-electron chi connectivity index (χ4n) is 1.90. The molecule has 0 aliphatic rings. The van der Waals surface area contributed by atoms with Gasteiger partial charge in [0.1, 0.15) is 0 Å². The number of aromatic nitrogens is 2. The highest BCUT2D eigenvalue weighted by molar-refractivity contribution is 6.20. The number of alkyl halides is 1. The van der Waals surface area contributed by atoms with Crippen LogP contribution in [0.1, 0.15) is 42.6 Å². The summed E-state index contributed by atoms with van der Waals surface area (Å²) < 4.78 is 7.44. The van der Waals surface area contributed by atoms with Crippen LogP contribution >= 0.6 is 11.6 Å². The van der Waals surface area contributed by atoms with E-state index >= 15 is 0 Å². The Bertz CT molecular complexity index is 334. The van der Waals surface area contributed by atoms with Crippen molar-refractivity contribution < 1.29 is 4.74 Å². The fourth-order valence-corrected chi connectivity index (χ4v) is 2.22. The molecule has 92 valence electrons. The molecule has 0 bridgehead atoms. The average Bonchev–Trinajstić information content (AvgIpc) is 2.49. The van der Waals surface area contributed by atoms with Gasteiger partial charge in [-0.1, -0.05) is 6.92 Å². The minimum atomic E-state index is 0.0188. The van der Waals surface area contributed by atoms with Gasteiger partial charge < -0.3 is 4.74 Å². The Hall–Kier alpha value is -0.540. The fraction of sp³-hybridized carbons (Fsp3) is 0.750. The SMILES string of the molecule is CCCOCCn1nc(C)c(C(C)Cl)c1C. The van der Waals surface area contributed by atoms with Crippen LogP contribution in [0.4, 0.5) is 0 Å². The van der Waals surface area contributed by atoms with Crippen molar-refractivity contribution in [1.29, 1.82) is 0 Å². The lowest BCUT2D eigenvalue weighted by Gasteiger charge is -2.07. The van der Waals surface area contributed by atoms with Crippen molar-refractivity contribution in [3.63, 3.8) is 0 Å². The topological polar surface area (TPSA) is 27.1 Å². The standard InChI is InChI=1S/C12H21ClN2O/c1-5-7-16-8-6-15-11(4)12(9(2)13)10(3)14-15/h9H,5-8H2,1-4H3. The quantitative estimate of drug-likeness (QED) is 0.568. The molecule has 1 unspecified atom stereocenters. The second kappa shape index (κ2) is 6.26. The second-order valence-corrected chi connectivity index (χ2v) is 4.69. The van der Waals surface area contributed by atoms with Gasteiger partial charge in [0, 0.05) is 17.9 Å². The Balaban J connectivity index is 2.64. The summed E-state index contributed by atoms with van der Waals surface area (Å²) in [6, 6.07) is 0. The van der Waals surface area contributed by atoms with E-state index in [2.05, 4.69) is 18.9 Å². The lowest BCUT2D eigenvalue weighted by atomic mass is 10.1. The van der Waals surface area contributed by atoms with E-state index in [1.807, 2.05) is 18.5 Å². The third-order valence-electron chi connectivity index (χ3n) is 2.63. The highest BCUT2D eigenvalue weighted by atomic mass is 35.5. The maximum absolute atomic E-state index is 6.13. The van der Waals surface area contributed by atoms with Crippen LogP contribution in [0.5, 0.6) is 0 Å². The van der Waals surface area contributed by atoms with Crippen LogP contribution in [-0.4, -0.2) is 23.0 Å². The second-order valence-electron chi connectivity index (χ2n) is 4.04. The Kier molecular flexibility index (Phi) is 5.29. The molecule has 0 fully saturated rings. The van der Waals surface area contributed by atoms with E-state index in [0.717, 1.165) is 36.5 Å². The number of ether oxygens (including phenoxy) is 1. The first kappa shape index (κ1) is 13.5. The molecule has 0 radical (unpaired) electrons. The molecule has 3 nitrogen and oxygen atoms in total. The molecule has 0 saturated heterocycles. The van der Waals surface area contributed by atoms with Crippen molar-refractivity contribution in [1.82, 2.24) is 9.78 Å². The van der Waals surface area contributed by atoms with E-state index in [0.29, 0.717) is 6.61 Å². The maximum atomic E-state index is 6.13. The summed E-state index contributed by atoms with van der Waals surface area (Å²) in [6.45, 7) is 10.5. The number of hydrogen-bond acceptors (Lipinski definition) is 2. The molecule has 1 rings (SSSR count).